The van der Waals surface area contributed by atoms with Gasteiger partial charge < -0.3 is 9.45 Å². The first-order valence-electron chi connectivity index (χ1n) is 6.54. The topological polar surface area (TPSA) is 103 Å². The average molecular weight is 451 g/mol. The number of allylic oxidation sites excluding steroid dienone is 1. The predicted octanol–water partition coefficient (Wildman–Crippen LogP) is 2.63. The zero-order valence-corrected chi connectivity index (χ0v) is 16.6. The molecule has 0 bridgehead atoms. The van der Waals surface area contributed by atoms with Crippen LogP contribution in [0.15, 0.2) is 27.7 Å². The second-order valence-corrected chi connectivity index (χ2v) is 7.99. The molecule has 0 aliphatic carbocycles. The summed E-state index contributed by atoms with van der Waals surface area (Å²) < 4.78 is 44.2. The van der Waals surface area contributed by atoms with E-state index in [9.17, 15) is 9.35 Å². The number of nitrogens with one attached hydrogen (secondary N) is 1. The number of carbonyl (C=O) groups is 1. The molecule has 0 aliphatic heterocycles. The Labute approximate surface area is 159 Å². The van der Waals surface area contributed by atoms with Gasteiger partial charge in [-0.1, -0.05) is 0 Å². The summed E-state index contributed by atoms with van der Waals surface area (Å²) in [5.41, 5.74) is -3.22. The second kappa shape index (κ2) is 8.25. The van der Waals surface area contributed by atoms with Crippen LogP contribution in [0.3, 0.4) is 0 Å². The monoisotopic (exact) mass is 450 g/mol. The van der Waals surface area contributed by atoms with E-state index in [2.05, 4.69) is 15.9 Å². The lowest BCUT2D eigenvalue weighted by Gasteiger charge is -2.34. The number of alkyl halides is 2. The predicted molar refractivity (Wildman–Crippen MR) is 93.6 cm³/mol. The number of thiocyanates is 1. The van der Waals surface area contributed by atoms with E-state index in [0.717, 1.165) is 24.5 Å². The fourth-order valence-electron chi connectivity index (χ4n) is 1.85. The smallest absolute Gasteiger partial charge is 0.340 e. The molecule has 0 radical (unpaired) electrons. The zero-order chi connectivity index (χ0) is 19.4. The van der Waals surface area contributed by atoms with Gasteiger partial charge in [0.1, 0.15) is 11.6 Å². The Bertz CT molecular complexity index is 770. The van der Waals surface area contributed by atoms with Gasteiger partial charge >= 0.3 is 11.3 Å². The van der Waals surface area contributed by atoms with E-state index in [1.54, 1.807) is 0 Å². The van der Waals surface area contributed by atoms with Crippen molar-refractivity contribution in [2.45, 2.75) is 18.4 Å². The fourth-order valence-corrected chi connectivity index (χ4v) is 4.14. The maximum atomic E-state index is 15.1. The van der Waals surface area contributed by atoms with Crippen LogP contribution in [0.25, 0.3) is 0 Å². The molecule has 0 unspecified atom stereocenters. The summed E-state index contributed by atoms with van der Waals surface area (Å²) in [6, 6.07) is 2.78. The zero-order valence-electron chi connectivity index (χ0n) is 13.3. The molecule has 1 aromatic rings. The van der Waals surface area contributed by atoms with Gasteiger partial charge in [0.25, 0.3) is 0 Å². The molecular weight excluding hydrogens is 438 g/mol. The van der Waals surface area contributed by atoms with Gasteiger partial charge in [0.15, 0.2) is 16.9 Å². The summed E-state index contributed by atoms with van der Waals surface area (Å²) in [6.45, 7) is 0.961. The molecule has 25 heavy (non-hydrogen) atoms. The van der Waals surface area contributed by atoms with Crippen LogP contribution >= 0.6 is 27.3 Å². The summed E-state index contributed by atoms with van der Waals surface area (Å²) >= 11 is 1.54. The van der Waals surface area contributed by atoms with E-state index >= 15 is 8.78 Å². The Kier molecular flexibility index (Phi) is 7.11. The van der Waals surface area contributed by atoms with Crippen molar-refractivity contribution in [3.63, 3.8) is 0 Å². The van der Waals surface area contributed by atoms with E-state index in [1.807, 2.05) is 4.72 Å². The molecule has 0 fully saturated rings. The minimum Gasteiger partial charge on any atom is -0.583 e. The van der Waals surface area contributed by atoms with Gasteiger partial charge in [0, 0.05) is 35.0 Å². The number of hydrogen-bond donors (Lipinski definition) is 1. The second-order valence-electron chi connectivity index (χ2n) is 5.24. The summed E-state index contributed by atoms with van der Waals surface area (Å²) in [4.78, 5) is 13.6. The molecule has 11 heteroatoms. The van der Waals surface area contributed by atoms with Gasteiger partial charge in [-0.25, -0.2) is 0 Å². The van der Waals surface area contributed by atoms with Gasteiger partial charge in [0.2, 0.25) is 5.78 Å². The lowest BCUT2D eigenvalue weighted by Crippen LogP contribution is -2.59. The number of thiophene rings is 1. The van der Waals surface area contributed by atoms with Crippen LogP contribution in [0.2, 0.25) is 0 Å². The summed E-state index contributed by atoms with van der Waals surface area (Å²) in [5, 5.41) is 20.6. The summed E-state index contributed by atoms with van der Waals surface area (Å²) in [5.74, 6) is -5.89. The maximum Gasteiger partial charge on any atom is 0.340 e. The van der Waals surface area contributed by atoms with E-state index in [4.69, 9.17) is 10.5 Å². The number of ketones is 1. The molecule has 0 saturated heterocycles. The maximum absolute atomic E-state index is 15.1. The van der Waals surface area contributed by atoms with Crippen molar-refractivity contribution in [1.29, 1.82) is 10.5 Å². The minimum atomic E-state index is -4.15. The number of rotatable bonds is 7. The Morgan fingerprint density at radius 2 is 2.12 bits per heavy atom. The van der Waals surface area contributed by atoms with Crippen molar-refractivity contribution in [1.82, 2.24) is 9.62 Å². The van der Waals surface area contributed by atoms with E-state index < -0.39 is 34.2 Å². The van der Waals surface area contributed by atoms with Crippen LogP contribution in [0, 0.1) is 22.0 Å². The SMILES string of the molecule is CN(C)/C=C(\C#N)C(=O)C(F)(F)[C@](C)(N[S@+]([O-])C#N)c1cc(Br)cs1. The largest absolute Gasteiger partial charge is 0.583 e. The Hall–Kier alpha value is -1.50. The highest BCUT2D eigenvalue weighted by Gasteiger charge is 2.61. The van der Waals surface area contributed by atoms with Crippen molar-refractivity contribution in [2.24, 2.45) is 0 Å². The molecule has 0 aliphatic rings. The first-order valence-corrected chi connectivity index (χ1v) is 9.36. The van der Waals surface area contributed by atoms with Crippen molar-refractivity contribution in [3.05, 3.63) is 32.6 Å². The highest BCUT2D eigenvalue weighted by Crippen LogP contribution is 2.43. The van der Waals surface area contributed by atoms with Gasteiger partial charge in [-0.3, -0.25) is 4.79 Å². The normalized spacial score (nSPS) is 15.6. The minimum absolute atomic E-state index is 0.0246. The van der Waals surface area contributed by atoms with Crippen molar-refractivity contribution in [2.75, 3.05) is 14.1 Å². The van der Waals surface area contributed by atoms with E-state index in [0.29, 0.717) is 4.47 Å². The van der Waals surface area contributed by atoms with E-state index in [1.165, 1.54) is 41.9 Å². The lowest BCUT2D eigenvalue weighted by atomic mass is 9.87. The molecule has 0 saturated carbocycles. The van der Waals surface area contributed by atoms with Gasteiger partial charge in [-0.15, -0.1) is 21.3 Å². The van der Waals surface area contributed by atoms with Gasteiger partial charge in [-0.05, 0) is 28.9 Å². The Balaban J connectivity index is 3.49. The molecule has 1 N–H and O–H groups in total. The molecule has 0 amide bonds. The van der Waals surface area contributed by atoms with Crippen LogP contribution in [0.1, 0.15) is 11.8 Å². The highest BCUT2D eigenvalue weighted by molar-refractivity contribution is 9.10. The first kappa shape index (κ1) is 21.5. The number of carbonyl (C=O) groups excluding carboxylic acids is 1. The first-order chi connectivity index (χ1) is 11.5. The fraction of sp³-hybridized carbons (Fsp3) is 0.357. The standard InChI is InChI=1S/C14H13BrF2N4O2S2/c1-13(20-25(23)8-19,11-4-10(15)7-24-11)14(16,17)12(22)9(5-18)6-21(2)3/h4,6-7,20H,1-3H3/b9-6+/t13-,25-/m1/s1. The van der Waals surface area contributed by atoms with Crippen LogP contribution in [-0.2, 0) is 21.7 Å². The molecule has 6 nitrogen and oxygen atoms in total. The number of hydrogen-bond acceptors (Lipinski definition) is 7. The molecule has 1 aromatic heterocycles. The molecule has 134 valence electrons. The quantitative estimate of drug-likeness (QED) is 0.296. The third kappa shape index (κ3) is 4.57. The third-order valence-corrected chi connectivity index (χ3v) is 5.78. The van der Waals surface area contributed by atoms with Gasteiger partial charge in [0.05, 0.1) is 0 Å². The number of nitrogens with zero attached hydrogens (tertiary/aromatic N) is 3. The van der Waals surface area contributed by atoms with Crippen LogP contribution in [-0.4, -0.2) is 35.3 Å². The van der Waals surface area contributed by atoms with Gasteiger partial charge in [-0.2, -0.15) is 14.0 Å². The van der Waals surface area contributed by atoms with Crippen LogP contribution in [0.5, 0.6) is 0 Å². The molecule has 0 spiro atoms. The molecule has 2 atom stereocenters. The molecular formula is C14H13BrF2N4O2S2. The van der Waals surface area contributed by atoms with Crippen molar-refractivity contribution < 1.29 is 18.1 Å². The van der Waals surface area contributed by atoms with E-state index in [-0.39, 0.29) is 4.88 Å². The van der Waals surface area contributed by atoms with Crippen LogP contribution < -0.4 is 4.72 Å². The number of nitriles is 2. The van der Waals surface area contributed by atoms with Crippen LogP contribution in [0.4, 0.5) is 8.78 Å². The molecule has 1 heterocycles. The third-order valence-electron chi connectivity index (χ3n) is 3.11. The Morgan fingerprint density at radius 3 is 2.52 bits per heavy atom. The number of halogens is 3. The highest BCUT2D eigenvalue weighted by atomic mass is 79.9. The average Bonchev–Trinajstić information content (AvgIpc) is 2.98. The molecule has 0 aromatic carbocycles. The summed E-state index contributed by atoms with van der Waals surface area (Å²) in [7, 11) is 2.95. The molecule has 1 rings (SSSR count). The lowest BCUT2D eigenvalue weighted by molar-refractivity contribution is -0.150. The van der Waals surface area contributed by atoms with Crippen molar-refractivity contribution >= 4 is 44.4 Å². The summed E-state index contributed by atoms with van der Waals surface area (Å²) in [6.07, 6.45) is 0.974. The number of Topliss-reactive ketones (excluding diaryl/α,β-unsaturated/α-hetero) is 1. The van der Waals surface area contributed by atoms with Crippen molar-refractivity contribution in [3.8, 4) is 11.5 Å². The Morgan fingerprint density at radius 1 is 1.52 bits per heavy atom.